The molecule has 0 saturated carbocycles. The molecular weight excluding hydrogens is 104 g/mol. The van der Waals surface area contributed by atoms with Crippen LogP contribution >= 0.6 is 0 Å². The normalized spacial score (nSPS) is 39.6. The Labute approximate surface area is 49.8 Å². The first kappa shape index (κ1) is 5.92. The smallest absolute Gasteiger partial charge is 0.220 e. The van der Waals surface area contributed by atoms with Gasteiger partial charge in [0.25, 0.3) is 0 Å². The van der Waals surface area contributed by atoms with Gasteiger partial charge in [0.1, 0.15) is 6.10 Å². The summed E-state index contributed by atoms with van der Waals surface area (Å²) < 4.78 is 10.4. The number of hydrogen-bond acceptors (Lipinski definition) is 2. The summed E-state index contributed by atoms with van der Waals surface area (Å²) in [4.78, 5) is 0. The van der Waals surface area contributed by atoms with Gasteiger partial charge in [-0.1, -0.05) is 0 Å². The lowest BCUT2D eigenvalue weighted by Crippen LogP contribution is -2.33. The van der Waals surface area contributed by atoms with Crippen LogP contribution in [-0.2, 0) is 9.47 Å². The first-order valence-corrected chi connectivity index (χ1v) is 2.87. The second-order valence-corrected chi connectivity index (χ2v) is 1.99. The predicted molar refractivity (Wildman–Crippen MR) is 30.5 cm³/mol. The lowest BCUT2D eigenvalue weighted by Gasteiger charge is -2.21. The summed E-state index contributed by atoms with van der Waals surface area (Å²) in [6.45, 7) is 7.11. The summed E-state index contributed by atoms with van der Waals surface area (Å²) in [7, 11) is 0. The summed E-state index contributed by atoms with van der Waals surface area (Å²) in [6.07, 6.45) is 0.201. The van der Waals surface area contributed by atoms with Gasteiger partial charge in [-0.3, -0.25) is 0 Å². The Morgan fingerprint density at radius 1 is 1.38 bits per heavy atom. The van der Waals surface area contributed by atoms with Crippen molar-refractivity contribution in [1.29, 1.82) is 0 Å². The van der Waals surface area contributed by atoms with Gasteiger partial charge in [-0.05, 0) is 6.92 Å². The third-order valence-corrected chi connectivity index (χ3v) is 1.32. The Bertz CT molecular complexity index is 62.9. The molecule has 1 aliphatic rings. The molecule has 1 aliphatic heterocycles. The van der Waals surface area contributed by atoms with E-state index in [1.807, 2.05) is 6.92 Å². The minimum absolute atomic E-state index is 0.0312. The van der Waals surface area contributed by atoms with Crippen LogP contribution < -0.4 is 0 Å². The number of ether oxygens (including phenoxy) is 2. The maximum Gasteiger partial charge on any atom is 0.220 e. The van der Waals surface area contributed by atoms with E-state index in [0.717, 1.165) is 0 Å². The molecule has 0 aromatic heterocycles. The van der Waals surface area contributed by atoms with Crippen LogP contribution in [0.25, 0.3) is 0 Å². The maximum atomic E-state index is 5.20. The van der Waals surface area contributed by atoms with Gasteiger partial charge < -0.3 is 9.47 Å². The summed E-state index contributed by atoms with van der Waals surface area (Å²) in [5, 5.41) is 0. The zero-order valence-corrected chi connectivity index (χ0v) is 5.09. The first-order valence-electron chi connectivity index (χ1n) is 2.87. The molecule has 0 aliphatic carbocycles. The monoisotopic (exact) mass is 115 g/mol. The molecule has 1 fully saturated rings. The fraction of sp³-hybridized carbons (Fsp3) is 0.833. The number of rotatable bonds is 0. The van der Waals surface area contributed by atoms with E-state index >= 15 is 0 Å². The Morgan fingerprint density at radius 3 is 2.38 bits per heavy atom. The van der Waals surface area contributed by atoms with Crippen LogP contribution in [0.2, 0.25) is 0 Å². The predicted octanol–water partition coefficient (Wildman–Crippen LogP) is 0.624. The van der Waals surface area contributed by atoms with Crippen LogP contribution in [0.4, 0.5) is 0 Å². The highest BCUT2D eigenvalue weighted by molar-refractivity contribution is 4.70. The maximum absolute atomic E-state index is 5.20. The fourth-order valence-electron chi connectivity index (χ4n) is 0.676. The van der Waals surface area contributed by atoms with E-state index in [-0.39, 0.29) is 12.2 Å². The van der Waals surface area contributed by atoms with Gasteiger partial charge in [-0.15, -0.1) is 0 Å². The van der Waals surface area contributed by atoms with E-state index in [0.29, 0.717) is 13.2 Å². The molecule has 2 unspecified atom stereocenters. The van der Waals surface area contributed by atoms with E-state index in [2.05, 4.69) is 6.92 Å². The van der Waals surface area contributed by atoms with E-state index < -0.39 is 0 Å². The SMILES string of the molecule is [CH2+]C1OCCOC1C. The molecule has 0 N–H and O–H groups in total. The standard InChI is InChI=1S/C6H11O2/c1-5-6(2)8-4-3-7-5/h5-6H,1,3-4H2,2H3/q+1. The van der Waals surface area contributed by atoms with Crippen molar-refractivity contribution in [1.82, 2.24) is 0 Å². The van der Waals surface area contributed by atoms with Gasteiger partial charge in [0, 0.05) is 0 Å². The zero-order valence-electron chi connectivity index (χ0n) is 5.09. The molecule has 8 heavy (non-hydrogen) atoms. The summed E-state index contributed by atoms with van der Waals surface area (Å²) in [6, 6.07) is 0. The Hall–Kier alpha value is -0.210. The van der Waals surface area contributed by atoms with Crippen molar-refractivity contribution in [3.8, 4) is 0 Å². The molecule has 1 saturated heterocycles. The third-order valence-electron chi connectivity index (χ3n) is 1.32. The quantitative estimate of drug-likeness (QED) is 0.431. The Morgan fingerprint density at radius 2 is 2.00 bits per heavy atom. The van der Waals surface area contributed by atoms with Crippen molar-refractivity contribution < 1.29 is 9.47 Å². The zero-order chi connectivity index (χ0) is 5.98. The molecule has 0 spiro atoms. The van der Waals surface area contributed by atoms with Crippen LogP contribution in [0.5, 0.6) is 0 Å². The summed E-state index contributed by atoms with van der Waals surface area (Å²) >= 11 is 0. The number of hydrogen-bond donors (Lipinski definition) is 0. The highest BCUT2D eigenvalue weighted by Crippen LogP contribution is 2.06. The van der Waals surface area contributed by atoms with Crippen LogP contribution in [-0.4, -0.2) is 25.4 Å². The van der Waals surface area contributed by atoms with Crippen LogP contribution in [0, 0.1) is 6.92 Å². The van der Waals surface area contributed by atoms with Gasteiger partial charge in [-0.25, -0.2) is 0 Å². The highest BCUT2D eigenvalue weighted by Gasteiger charge is 2.22. The molecule has 0 bridgehead atoms. The Kier molecular flexibility index (Phi) is 1.76. The third kappa shape index (κ3) is 1.14. The molecular formula is C6H11O2+. The van der Waals surface area contributed by atoms with Crippen LogP contribution in [0.15, 0.2) is 0 Å². The molecule has 0 aromatic carbocycles. The lowest BCUT2D eigenvalue weighted by atomic mass is 10.2. The van der Waals surface area contributed by atoms with Crippen molar-refractivity contribution in [3.05, 3.63) is 6.92 Å². The van der Waals surface area contributed by atoms with Crippen molar-refractivity contribution in [3.63, 3.8) is 0 Å². The van der Waals surface area contributed by atoms with E-state index in [9.17, 15) is 0 Å². The molecule has 2 heteroatoms. The van der Waals surface area contributed by atoms with Gasteiger partial charge in [-0.2, -0.15) is 0 Å². The molecule has 0 radical (unpaired) electrons. The molecule has 46 valence electrons. The van der Waals surface area contributed by atoms with E-state index in [1.54, 1.807) is 0 Å². The van der Waals surface area contributed by atoms with Crippen molar-refractivity contribution in [2.45, 2.75) is 19.1 Å². The molecule has 0 amide bonds. The van der Waals surface area contributed by atoms with Gasteiger partial charge in [0.2, 0.25) is 6.10 Å². The van der Waals surface area contributed by atoms with Gasteiger partial charge in [0.15, 0.2) is 0 Å². The highest BCUT2D eigenvalue weighted by atomic mass is 16.6. The first-order chi connectivity index (χ1) is 3.80. The van der Waals surface area contributed by atoms with Gasteiger partial charge >= 0.3 is 0 Å². The van der Waals surface area contributed by atoms with E-state index in [4.69, 9.17) is 9.47 Å². The molecule has 1 rings (SSSR count). The van der Waals surface area contributed by atoms with Crippen LogP contribution in [0.1, 0.15) is 6.92 Å². The van der Waals surface area contributed by atoms with Crippen molar-refractivity contribution >= 4 is 0 Å². The summed E-state index contributed by atoms with van der Waals surface area (Å²) in [5.41, 5.74) is 0. The minimum atomic E-state index is 0.0312. The van der Waals surface area contributed by atoms with Crippen molar-refractivity contribution in [2.24, 2.45) is 0 Å². The second-order valence-electron chi connectivity index (χ2n) is 1.99. The summed E-state index contributed by atoms with van der Waals surface area (Å²) in [5.74, 6) is 0. The Balaban J connectivity index is 2.28. The molecule has 0 aromatic rings. The average molecular weight is 115 g/mol. The fourth-order valence-corrected chi connectivity index (χ4v) is 0.676. The van der Waals surface area contributed by atoms with Crippen molar-refractivity contribution in [2.75, 3.05) is 13.2 Å². The topological polar surface area (TPSA) is 18.5 Å². The van der Waals surface area contributed by atoms with E-state index in [1.165, 1.54) is 0 Å². The van der Waals surface area contributed by atoms with Gasteiger partial charge in [0.05, 0.1) is 20.1 Å². The molecule has 2 nitrogen and oxygen atoms in total. The largest absolute Gasteiger partial charge is 0.369 e. The minimum Gasteiger partial charge on any atom is -0.369 e. The van der Waals surface area contributed by atoms with Crippen LogP contribution in [0.3, 0.4) is 0 Å². The average Bonchev–Trinajstić information content (AvgIpc) is 1.77. The second kappa shape index (κ2) is 2.37. The lowest BCUT2D eigenvalue weighted by molar-refractivity contribution is -0.114. The molecule has 1 heterocycles. The molecule has 2 atom stereocenters.